The van der Waals surface area contributed by atoms with E-state index in [1.807, 2.05) is 18.2 Å². The lowest BCUT2D eigenvalue weighted by atomic mass is 10.2. The zero-order valence-corrected chi connectivity index (χ0v) is 17.5. The number of sulfonamides is 1. The Morgan fingerprint density at radius 3 is 2.23 bits per heavy atom. The van der Waals surface area contributed by atoms with E-state index < -0.39 is 15.9 Å². The summed E-state index contributed by atoms with van der Waals surface area (Å²) in [6.45, 7) is 0.134. The van der Waals surface area contributed by atoms with Crippen molar-refractivity contribution < 1.29 is 22.7 Å². The highest BCUT2D eigenvalue weighted by Gasteiger charge is 2.28. The zero-order chi connectivity index (χ0) is 21.7. The predicted molar refractivity (Wildman–Crippen MR) is 117 cm³/mol. The van der Waals surface area contributed by atoms with Gasteiger partial charge in [-0.2, -0.15) is 0 Å². The van der Waals surface area contributed by atoms with Crippen LogP contribution >= 0.6 is 0 Å². The molecule has 0 saturated heterocycles. The van der Waals surface area contributed by atoms with Crippen LogP contribution in [-0.2, 0) is 14.8 Å². The van der Waals surface area contributed by atoms with E-state index in [-0.39, 0.29) is 24.1 Å². The molecule has 31 heavy (non-hydrogen) atoms. The van der Waals surface area contributed by atoms with Crippen molar-refractivity contribution in [3.8, 4) is 11.5 Å². The fraction of sp³-hybridized carbons (Fsp3) is 0.174. The minimum absolute atomic E-state index is 0.118. The molecule has 0 unspecified atom stereocenters. The maximum Gasteiger partial charge on any atom is 0.264 e. The van der Waals surface area contributed by atoms with Crippen LogP contribution in [0.4, 0.5) is 5.69 Å². The maximum atomic E-state index is 13.2. The number of hydrogen-bond acceptors (Lipinski definition) is 5. The van der Waals surface area contributed by atoms with Crippen molar-refractivity contribution in [1.82, 2.24) is 5.32 Å². The van der Waals surface area contributed by atoms with Crippen molar-refractivity contribution >= 4 is 21.6 Å². The van der Waals surface area contributed by atoms with E-state index in [2.05, 4.69) is 5.32 Å². The third-order valence-corrected chi connectivity index (χ3v) is 6.55. The molecule has 7 nitrogen and oxygen atoms in total. The number of benzene rings is 3. The van der Waals surface area contributed by atoms with E-state index >= 15 is 0 Å². The molecule has 0 saturated carbocycles. The highest BCUT2D eigenvalue weighted by molar-refractivity contribution is 7.92. The van der Waals surface area contributed by atoms with Crippen molar-refractivity contribution in [3.63, 3.8) is 0 Å². The maximum absolute atomic E-state index is 13.2. The summed E-state index contributed by atoms with van der Waals surface area (Å²) >= 11 is 0. The Hall–Kier alpha value is -3.52. The van der Waals surface area contributed by atoms with Crippen molar-refractivity contribution in [2.45, 2.75) is 11.0 Å². The van der Waals surface area contributed by atoms with Crippen LogP contribution in [0.3, 0.4) is 0 Å². The lowest BCUT2D eigenvalue weighted by Crippen LogP contribution is -2.45. The van der Waals surface area contributed by atoms with Gasteiger partial charge in [0.2, 0.25) is 5.91 Å². The first-order valence-electron chi connectivity index (χ1n) is 9.82. The van der Waals surface area contributed by atoms with E-state index in [1.54, 1.807) is 54.6 Å². The molecule has 0 aromatic heterocycles. The minimum Gasteiger partial charge on any atom is -0.486 e. The molecule has 8 heteroatoms. The quantitative estimate of drug-likeness (QED) is 0.613. The molecule has 1 aliphatic rings. The Kier molecular flexibility index (Phi) is 6.08. The number of carbonyl (C=O) groups excluding carboxylic acids is 1. The van der Waals surface area contributed by atoms with Crippen molar-refractivity contribution in [2.75, 3.05) is 24.0 Å². The predicted octanol–water partition coefficient (Wildman–Crippen LogP) is 2.84. The lowest BCUT2D eigenvalue weighted by Gasteiger charge is -2.27. The molecule has 1 aliphatic heterocycles. The van der Waals surface area contributed by atoms with Crippen LogP contribution < -0.4 is 19.1 Å². The van der Waals surface area contributed by atoms with Crippen LogP contribution in [0, 0.1) is 0 Å². The van der Waals surface area contributed by atoms with E-state index in [0.717, 1.165) is 4.31 Å². The largest absolute Gasteiger partial charge is 0.486 e. The van der Waals surface area contributed by atoms with Crippen LogP contribution in [0.2, 0.25) is 0 Å². The molecule has 0 spiro atoms. The summed E-state index contributed by atoms with van der Waals surface area (Å²) < 4.78 is 39.0. The van der Waals surface area contributed by atoms with Gasteiger partial charge in [-0.1, -0.05) is 48.5 Å². The van der Waals surface area contributed by atoms with E-state index in [0.29, 0.717) is 23.8 Å². The van der Waals surface area contributed by atoms with E-state index in [1.165, 1.54) is 12.1 Å². The summed E-state index contributed by atoms with van der Waals surface area (Å²) in [5.41, 5.74) is 0.410. The number of amides is 1. The number of para-hydroxylation sites is 3. The summed E-state index contributed by atoms with van der Waals surface area (Å²) in [6.07, 6.45) is -0.366. The van der Waals surface area contributed by atoms with E-state index in [9.17, 15) is 13.2 Å². The first kappa shape index (κ1) is 20.7. The summed E-state index contributed by atoms with van der Waals surface area (Å²) in [7, 11) is -3.92. The van der Waals surface area contributed by atoms with Crippen molar-refractivity contribution in [1.29, 1.82) is 0 Å². The fourth-order valence-corrected chi connectivity index (χ4v) is 4.65. The van der Waals surface area contributed by atoms with Crippen molar-refractivity contribution in [3.05, 3.63) is 84.9 Å². The van der Waals surface area contributed by atoms with Crippen LogP contribution in [0.25, 0.3) is 0 Å². The number of hydrogen-bond donors (Lipinski definition) is 1. The van der Waals surface area contributed by atoms with Gasteiger partial charge in [0, 0.05) is 0 Å². The van der Waals surface area contributed by atoms with E-state index in [4.69, 9.17) is 9.47 Å². The first-order valence-corrected chi connectivity index (χ1v) is 11.3. The summed E-state index contributed by atoms with van der Waals surface area (Å²) in [4.78, 5) is 12.8. The Bertz CT molecular complexity index is 1140. The molecule has 160 valence electrons. The minimum atomic E-state index is -3.92. The first-order chi connectivity index (χ1) is 15.0. The summed E-state index contributed by atoms with van der Waals surface area (Å²) in [5, 5.41) is 2.76. The highest BCUT2D eigenvalue weighted by Crippen LogP contribution is 2.30. The molecule has 3 aromatic rings. The van der Waals surface area contributed by atoms with Gasteiger partial charge < -0.3 is 14.8 Å². The second kappa shape index (κ2) is 9.09. The average Bonchev–Trinajstić information content (AvgIpc) is 2.82. The highest BCUT2D eigenvalue weighted by atomic mass is 32.2. The molecule has 0 aliphatic carbocycles. The normalized spacial score (nSPS) is 15.2. The third kappa shape index (κ3) is 4.80. The van der Waals surface area contributed by atoms with Crippen LogP contribution in [0.15, 0.2) is 89.8 Å². The standard InChI is InChI=1S/C23H22N2O5S/c26-23(24-15-19-17-29-21-13-7-8-14-22(21)30-19)16-25(18-9-3-1-4-10-18)31(27,28)20-11-5-2-6-12-20/h1-14,19H,15-17H2,(H,24,26)/t19-/m0/s1. The smallest absolute Gasteiger partial charge is 0.264 e. The average molecular weight is 439 g/mol. The van der Waals surface area contributed by atoms with Gasteiger partial charge in [-0.15, -0.1) is 0 Å². The van der Waals surface area contributed by atoms with Crippen LogP contribution in [0.1, 0.15) is 0 Å². The molecule has 3 aromatic carbocycles. The summed E-state index contributed by atoms with van der Waals surface area (Å²) in [6, 6.07) is 23.9. The monoisotopic (exact) mass is 438 g/mol. The Labute approximate surface area is 181 Å². The van der Waals surface area contributed by atoms with Gasteiger partial charge in [-0.3, -0.25) is 9.10 Å². The number of nitrogens with one attached hydrogen (secondary N) is 1. The molecular weight excluding hydrogens is 416 g/mol. The molecule has 0 bridgehead atoms. The van der Waals surface area contributed by atoms with Gasteiger partial charge in [-0.25, -0.2) is 8.42 Å². The second-order valence-corrected chi connectivity index (χ2v) is 8.82. The van der Waals surface area contributed by atoms with Gasteiger partial charge in [0.05, 0.1) is 17.1 Å². The molecular formula is C23H22N2O5S. The number of carbonyl (C=O) groups is 1. The topological polar surface area (TPSA) is 84.9 Å². The van der Waals surface area contributed by atoms with Gasteiger partial charge in [-0.05, 0) is 36.4 Å². The summed E-state index contributed by atoms with van der Waals surface area (Å²) in [5.74, 6) is 0.839. The SMILES string of the molecule is O=C(CN(c1ccccc1)S(=O)(=O)c1ccccc1)NC[C@H]1COc2ccccc2O1. The molecule has 0 radical (unpaired) electrons. The lowest BCUT2D eigenvalue weighted by molar-refractivity contribution is -0.120. The molecule has 1 N–H and O–H groups in total. The van der Waals surface area contributed by atoms with Crippen LogP contribution in [0.5, 0.6) is 11.5 Å². The zero-order valence-electron chi connectivity index (χ0n) is 16.7. The molecule has 1 atom stereocenters. The Morgan fingerprint density at radius 1 is 0.903 bits per heavy atom. The Balaban J connectivity index is 1.46. The molecule has 1 amide bonds. The van der Waals surface area contributed by atoms with Gasteiger partial charge >= 0.3 is 0 Å². The number of rotatable bonds is 7. The number of ether oxygens (including phenoxy) is 2. The van der Waals surface area contributed by atoms with Gasteiger partial charge in [0.1, 0.15) is 19.3 Å². The third-order valence-electron chi connectivity index (χ3n) is 4.76. The molecule has 1 heterocycles. The Morgan fingerprint density at radius 2 is 1.52 bits per heavy atom. The fourth-order valence-electron chi connectivity index (χ4n) is 3.21. The van der Waals surface area contributed by atoms with Gasteiger partial charge in [0.25, 0.3) is 10.0 Å². The molecule has 4 rings (SSSR count). The number of nitrogens with zero attached hydrogens (tertiary/aromatic N) is 1. The molecule has 0 fully saturated rings. The second-order valence-electron chi connectivity index (χ2n) is 6.96. The van der Waals surface area contributed by atoms with Crippen molar-refractivity contribution in [2.24, 2.45) is 0 Å². The van der Waals surface area contributed by atoms with Crippen LogP contribution in [-0.4, -0.2) is 40.1 Å². The van der Waals surface area contributed by atoms with Gasteiger partial charge in [0.15, 0.2) is 11.5 Å². The number of anilines is 1. The number of fused-ring (bicyclic) bond motifs is 1.